The molecule has 1 N–H and O–H groups in total. The molecule has 0 aliphatic rings. The number of aliphatic hydroxyl groups excluding tert-OH is 1. The molecule has 0 saturated heterocycles. The number of halogens is 2. The predicted octanol–water partition coefficient (Wildman–Crippen LogP) is 4.50. The third-order valence-corrected chi connectivity index (χ3v) is 3.96. The fourth-order valence-electron chi connectivity index (χ4n) is 1.90. The normalized spacial score (nSPS) is 12.3. The first-order valence-corrected chi connectivity index (χ1v) is 6.97. The number of aliphatic hydroxyl groups is 1. The van der Waals surface area contributed by atoms with E-state index in [1.807, 2.05) is 31.2 Å². The second-order valence-electron chi connectivity index (χ2n) is 4.32. The molecule has 2 aromatic rings. The van der Waals surface area contributed by atoms with E-state index in [-0.39, 0.29) is 0 Å². The summed E-state index contributed by atoms with van der Waals surface area (Å²) in [7, 11) is 1.56. The Kier molecular flexibility index (Phi) is 4.50. The maximum atomic E-state index is 10.5. The van der Waals surface area contributed by atoms with Gasteiger partial charge in [-0.3, -0.25) is 0 Å². The minimum absolute atomic E-state index is 0.489. The van der Waals surface area contributed by atoms with Crippen LogP contribution in [0.2, 0.25) is 5.02 Å². The summed E-state index contributed by atoms with van der Waals surface area (Å²) in [6, 6.07) is 11.2. The molecule has 100 valence electrons. The summed E-state index contributed by atoms with van der Waals surface area (Å²) in [6.45, 7) is 1.99. The van der Waals surface area contributed by atoms with Gasteiger partial charge in [0.15, 0.2) is 0 Å². The molecule has 1 atom stereocenters. The molecule has 0 aromatic heterocycles. The molecule has 0 radical (unpaired) electrons. The molecule has 0 aliphatic heterocycles. The zero-order chi connectivity index (χ0) is 14.0. The summed E-state index contributed by atoms with van der Waals surface area (Å²) >= 11 is 9.54. The van der Waals surface area contributed by atoms with Gasteiger partial charge in [0.2, 0.25) is 0 Å². The van der Waals surface area contributed by atoms with Crippen LogP contribution >= 0.6 is 27.5 Å². The molecule has 0 fully saturated rings. The van der Waals surface area contributed by atoms with Crippen LogP contribution in [0, 0.1) is 6.92 Å². The Morgan fingerprint density at radius 1 is 1.21 bits per heavy atom. The van der Waals surface area contributed by atoms with Crippen LogP contribution in [0.25, 0.3) is 0 Å². The van der Waals surface area contributed by atoms with Crippen LogP contribution in [0.1, 0.15) is 22.8 Å². The number of hydrogen-bond donors (Lipinski definition) is 1. The maximum Gasteiger partial charge on any atom is 0.137 e. The summed E-state index contributed by atoms with van der Waals surface area (Å²) in [5, 5.41) is 10.9. The van der Waals surface area contributed by atoms with E-state index in [0.29, 0.717) is 10.8 Å². The monoisotopic (exact) mass is 340 g/mol. The van der Waals surface area contributed by atoms with Crippen molar-refractivity contribution in [1.29, 1.82) is 0 Å². The van der Waals surface area contributed by atoms with Crippen molar-refractivity contribution >= 4 is 27.5 Å². The van der Waals surface area contributed by atoms with E-state index >= 15 is 0 Å². The summed E-state index contributed by atoms with van der Waals surface area (Å²) in [5.74, 6) is 0.598. The molecule has 4 heteroatoms. The number of rotatable bonds is 3. The van der Waals surface area contributed by atoms with Crippen molar-refractivity contribution < 1.29 is 9.84 Å². The first kappa shape index (κ1) is 14.4. The molecule has 0 spiro atoms. The average molecular weight is 342 g/mol. The van der Waals surface area contributed by atoms with Gasteiger partial charge in [0.05, 0.1) is 12.1 Å². The van der Waals surface area contributed by atoms with Crippen LogP contribution in [0.3, 0.4) is 0 Å². The Balaban J connectivity index is 2.41. The first-order chi connectivity index (χ1) is 9.02. The van der Waals surface area contributed by atoms with Crippen molar-refractivity contribution in [2.75, 3.05) is 7.11 Å². The molecular formula is C15H14BrClO2. The van der Waals surface area contributed by atoms with Crippen LogP contribution in [0.15, 0.2) is 40.9 Å². The lowest BCUT2D eigenvalue weighted by atomic mass is 10.00. The second kappa shape index (κ2) is 5.95. The number of aryl methyl sites for hydroxylation is 1. The lowest BCUT2D eigenvalue weighted by Gasteiger charge is -2.15. The molecule has 1 unspecified atom stereocenters. The highest BCUT2D eigenvalue weighted by Gasteiger charge is 2.15. The van der Waals surface area contributed by atoms with Crippen molar-refractivity contribution in [1.82, 2.24) is 0 Å². The second-order valence-corrected chi connectivity index (χ2v) is 5.58. The number of ether oxygens (including phenoxy) is 1. The van der Waals surface area contributed by atoms with Gasteiger partial charge < -0.3 is 9.84 Å². The standard InChI is InChI=1S/C15H14BrClO2/c1-9-3-5-12(16)11(7-9)15(18)10-4-6-14(19-2)13(17)8-10/h3-8,15,18H,1-2H3. The Labute approximate surface area is 126 Å². The van der Waals surface area contributed by atoms with Gasteiger partial charge in [0, 0.05) is 4.47 Å². The Bertz CT molecular complexity index is 599. The summed E-state index contributed by atoms with van der Waals surface area (Å²) in [5.41, 5.74) is 2.65. The fraction of sp³-hybridized carbons (Fsp3) is 0.200. The highest BCUT2D eigenvalue weighted by molar-refractivity contribution is 9.10. The van der Waals surface area contributed by atoms with Gasteiger partial charge in [0.1, 0.15) is 11.9 Å². The van der Waals surface area contributed by atoms with Gasteiger partial charge in [0.25, 0.3) is 0 Å². The van der Waals surface area contributed by atoms with E-state index < -0.39 is 6.10 Å². The quantitative estimate of drug-likeness (QED) is 0.890. The minimum Gasteiger partial charge on any atom is -0.495 e. The molecular weight excluding hydrogens is 328 g/mol. The van der Waals surface area contributed by atoms with Crippen molar-refractivity contribution in [2.45, 2.75) is 13.0 Å². The van der Waals surface area contributed by atoms with E-state index in [1.165, 1.54) is 0 Å². The zero-order valence-electron chi connectivity index (χ0n) is 10.7. The number of benzene rings is 2. The smallest absolute Gasteiger partial charge is 0.137 e. The van der Waals surface area contributed by atoms with Gasteiger partial charge in [-0.2, -0.15) is 0 Å². The van der Waals surface area contributed by atoms with E-state index in [2.05, 4.69) is 15.9 Å². The number of methoxy groups -OCH3 is 1. The van der Waals surface area contributed by atoms with Gasteiger partial charge in [-0.1, -0.05) is 51.3 Å². The number of hydrogen-bond acceptors (Lipinski definition) is 2. The van der Waals surface area contributed by atoms with Gasteiger partial charge in [-0.25, -0.2) is 0 Å². The highest BCUT2D eigenvalue weighted by Crippen LogP contribution is 2.33. The summed E-state index contributed by atoms with van der Waals surface area (Å²) in [6.07, 6.45) is -0.724. The minimum atomic E-state index is -0.724. The van der Waals surface area contributed by atoms with Gasteiger partial charge in [-0.05, 0) is 36.2 Å². The van der Waals surface area contributed by atoms with E-state index in [1.54, 1.807) is 19.2 Å². The van der Waals surface area contributed by atoms with Crippen LogP contribution in [0.4, 0.5) is 0 Å². The topological polar surface area (TPSA) is 29.5 Å². The van der Waals surface area contributed by atoms with E-state index in [9.17, 15) is 5.11 Å². The van der Waals surface area contributed by atoms with Crippen LogP contribution in [-0.2, 0) is 0 Å². The maximum absolute atomic E-state index is 10.5. The Morgan fingerprint density at radius 3 is 2.58 bits per heavy atom. The molecule has 0 aliphatic carbocycles. The van der Waals surface area contributed by atoms with Gasteiger partial charge in [-0.15, -0.1) is 0 Å². The van der Waals surface area contributed by atoms with Crippen LogP contribution in [-0.4, -0.2) is 12.2 Å². The Morgan fingerprint density at radius 2 is 1.95 bits per heavy atom. The molecule has 2 nitrogen and oxygen atoms in total. The lowest BCUT2D eigenvalue weighted by Crippen LogP contribution is -2.01. The summed E-state index contributed by atoms with van der Waals surface area (Å²) in [4.78, 5) is 0. The van der Waals surface area contributed by atoms with Crippen molar-refractivity contribution in [3.8, 4) is 5.75 Å². The third kappa shape index (κ3) is 3.11. The van der Waals surface area contributed by atoms with E-state index in [0.717, 1.165) is 21.2 Å². The van der Waals surface area contributed by atoms with Crippen molar-refractivity contribution in [3.05, 3.63) is 62.6 Å². The largest absolute Gasteiger partial charge is 0.495 e. The highest BCUT2D eigenvalue weighted by atomic mass is 79.9. The third-order valence-electron chi connectivity index (χ3n) is 2.94. The summed E-state index contributed by atoms with van der Waals surface area (Å²) < 4.78 is 5.98. The lowest BCUT2D eigenvalue weighted by molar-refractivity contribution is 0.219. The van der Waals surface area contributed by atoms with E-state index in [4.69, 9.17) is 16.3 Å². The van der Waals surface area contributed by atoms with Crippen LogP contribution < -0.4 is 4.74 Å². The average Bonchev–Trinajstić information content (AvgIpc) is 2.40. The molecule has 0 heterocycles. The first-order valence-electron chi connectivity index (χ1n) is 5.80. The van der Waals surface area contributed by atoms with Gasteiger partial charge >= 0.3 is 0 Å². The molecule has 0 amide bonds. The van der Waals surface area contributed by atoms with Crippen molar-refractivity contribution in [2.24, 2.45) is 0 Å². The van der Waals surface area contributed by atoms with Crippen molar-refractivity contribution in [3.63, 3.8) is 0 Å². The molecule has 0 saturated carbocycles. The molecule has 2 rings (SSSR count). The Hall–Kier alpha value is -1.03. The molecule has 2 aromatic carbocycles. The molecule has 0 bridgehead atoms. The zero-order valence-corrected chi connectivity index (χ0v) is 13.0. The van der Waals surface area contributed by atoms with Crippen LogP contribution in [0.5, 0.6) is 5.75 Å². The molecule has 19 heavy (non-hydrogen) atoms. The fourth-order valence-corrected chi connectivity index (χ4v) is 2.63. The SMILES string of the molecule is COc1ccc(C(O)c2cc(C)ccc2Br)cc1Cl. The predicted molar refractivity (Wildman–Crippen MR) is 80.9 cm³/mol.